The molecule has 3 nitrogen and oxygen atoms in total. The van der Waals surface area contributed by atoms with Gasteiger partial charge in [0.05, 0.1) is 0 Å². The molecule has 0 fully saturated rings. The van der Waals surface area contributed by atoms with Gasteiger partial charge in [-0.3, -0.25) is 0 Å². The normalized spacial score (nSPS) is 22.4. The Morgan fingerprint density at radius 2 is 0.880 bits per heavy atom. The first-order chi connectivity index (χ1) is 11.2. The van der Waals surface area contributed by atoms with Crippen molar-refractivity contribution in [3.05, 3.63) is 48.6 Å². The van der Waals surface area contributed by atoms with Crippen LogP contribution < -0.4 is 0 Å². The molecule has 0 aliphatic heterocycles. The molecule has 2 rings (SSSR count). The Hall–Kier alpha value is -0.717. The summed E-state index contributed by atoms with van der Waals surface area (Å²) < 4.78 is 58.9. The predicted octanol–water partition coefficient (Wildman–Crippen LogP) is 5.39. The molecule has 146 valence electrons. The average molecular weight is 468 g/mol. The van der Waals surface area contributed by atoms with E-state index in [2.05, 4.69) is 48.6 Å². The molecule has 8 heteroatoms. The van der Waals surface area contributed by atoms with Crippen LogP contribution in [0.1, 0.15) is 51.4 Å². The van der Waals surface area contributed by atoms with Gasteiger partial charge in [0.1, 0.15) is 0 Å². The molecule has 0 amide bonds. The van der Waals surface area contributed by atoms with E-state index in [0.717, 1.165) is 0 Å². The molecule has 0 saturated heterocycles. The van der Waals surface area contributed by atoms with Gasteiger partial charge in [0.2, 0.25) is 0 Å². The molecule has 0 N–H and O–H groups in total. The van der Waals surface area contributed by atoms with Crippen molar-refractivity contribution in [3.8, 4) is 0 Å². The molecular formula is C17H24F3O3RhS. The molecule has 0 spiro atoms. The zero-order valence-electron chi connectivity index (χ0n) is 13.9. The van der Waals surface area contributed by atoms with E-state index in [1.807, 2.05) is 0 Å². The van der Waals surface area contributed by atoms with Crippen LogP contribution in [0.2, 0.25) is 0 Å². The van der Waals surface area contributed by atoms with Gasteiger partial charge in [-0.2, -0.15) is 13.2 Å². The maximum atomic E-state index is 10.7. The van der Waals surface area contributed by atoms with E-state index in [1.54, 1.807) is 0 Å². The van der Waals surface area contributed by atoms with E-state index in [1.165, 1.54) is 51.4 Å². The molecule has 0 radical (unpaired) electrons. The molecule has 2 aliphatic carbocycles. The third-order valence-corrected chi connectivity index (χ3v) is 3.60. The van der Waals surface area contributed by atoms with Gasteiger partial charge >= 0.3 is 25.0 Å². The summed E-state index contributed by atoms with van der Waals surface area (Å²) in [4.78, 5) is 0. The number of rotatable bonds is 0. The van der Waals surface area contributed by atoms with Crippen molar-refractivity contribution in [2.75, 3.05) is 0 Å². The third kappa shape index (κ3) is 17.9. The molecule has 0 aromatic heterocycles. The summed E-state index contributed by atoms with van der Waals surface area (Å²) in [6.45, 7) is 0. The summed E-state index contributed by atoms with van der Waals surface area (Å²) in [6, 6.07) is 0. The molecule has 0 bridgehead atoms. The average Bonchev–Trinajstić information content (AvgIpc) is 2.35. The summed E-state index contributed by atoms with van der Waals surface area (Å²) in [6.07, 6.45) is 28.0. The number of hydrogen-bond donors (Lipinski definition) is 0. The van der Waals surface area contributed by atoms with Gasteiger partial charge in [0.15, 0.2) is 10.1 Å². The quantitative estimate of drug-likeness (QED) is 0.272. The SMILES string of the molecule is C1=C\CCCC\C=C/1.C1=C\CCCC\C=C/1.O=S(=O)([O-])C(F)(F)F.[Rh+]. The topological polar surface area (TPSA) is 57.2 Å². The molecule has 25 heavy (non-hydrogen) atoms. The van der Waals surface area contributed by atoms with Gasteiger partial charge in [-0.05, 0) is 51.4 Å². The third-order valence-electron chi connectivity index (χ3n) is 3.03. The molecule has 0 atom stereocenters. The largest absolute Gasteiger partial charge is 1.00 e. The van der Waals surface area contributed by atoms with Crippen molar-refractivity contribution >= 4 is 10.1 Å². The van der Waals surface area contributed by atoms with Crippen LogP contribution in [-0.2, 0) is 29.6 Å². The van der Waals surface area contributed by atoms with E-state index in [4.69, 9.17) is 13.0 Å². The molecule has 2 aliphatic rings. The fraction of sp³-hybridized carbons (Fsp3) is 0.529. The van der Waals surface area contributed by atoms with Crippen molar-refractivity contribution in [2.24, 2.45) is 0 Å². The van der Waals surface area contributed by atoms with Gasteiger partial charge < -0.3 is 4.55 Å². The monoisotopic (exact) mass is 468 g/mol. The standard InChI is InChI=1S/2C8H12.CHF3O3S.Rh/c2*1-2-4-6-8-7-5-3-1;2-1(3,4)8(5,6)7;/h2*1-4H,5-8H2;(H,5,6,7);/q;;;+1/p-1/b2*3-1-,4-2-;;. The first-order valence-corrected chi connectivity index (χ1v) is 9.31. The van der Waals surface area contributed by atoms with Gasteiger partial charge in [0, 0.05) is 0 Å². The van der Waals surface area contributed by atoms with Crippen LogP contribution >= 0.6 is 0 Å². The van der Waals surface area contributed by atoms with Crippen LogP contribution in [0.25, 0.3) is 0 Å². The van der Waals surface area contributed by atoms with E-state index >= 15 is 0 Å². The molecule has 0 aromatic carbocycles. The maximum absolute atomic E-state index is 10.7. The maximum Gasteiger partial charge on any atom is 1.00 e. The van der Waals surface area contributed by atoms with Crippen molar-refractivity contribution in [1.29, 1.82) is 0 Å². The van der Waals surface area contributed by atoms with Gasteiger partial charge in [-0.15, -0.1) is 0 Å². The Balaban J connectivity index is 0. The summed E-state index contributed by atoms with van der Waals surface area (Å²) in [7, 11) is -6.09. The molecular weight excluding hydrogens is 444 g/mol. The van der Waals surface area contributed by atoms with Gasteiger partial charge in [-0.1, -0.05) is 48.6 Å². The minimum Gasteiger partial charge on any atom is -0.741 e. The van der Waals surface area contributed by atoms with Crippen LogP contribution in [0, 0.1) is 0 Å². The Kier molecular flexibility index (Phi) is 16.5. The summed E-state index contributed by atoms with van der Waals surface area (Å²) in [5.41, 5.74) is -5.65. The van der Waals surface area contributed by atoms with Gasteiger partial charge in [-0.25, -0.2) is 8.42 Å². The zero-order chi connectivity index (χ0) is 18.3. The minimum atomic E-state index is -6.09. The fourth-order valence-corrected chi connectivity index (χ4v) is 1.75. The van der Waals surface area contributed by atoms with Crippen molar-refractivity contribution < 1.29 is 45.6 Å². The van der Waals surface area contributed by atoms with Crippen LogP contribution in [0.3, 0.4) is 0 Å². The summed E-state index contributed by atoms with van der Waals surface area (Å²) in [5.74, 6) is 0. The Morgan fingerprint density at radius 1 is 0.680 bits per heavy atom. The second-order valence-electron chi connectivity index (χ2n) is 5.18. The molecule has 0 heterocycles. The van der Waals surface area contributed by atoms with E-state index in [-0.39, 0.29) is 19.5 Å². The van der Waals surface area contributed by atoms with E-state index < -0.39 is 15.6 Å². The van der Waals surface area contributed by atoms with Crippen LogP contribution in [0.15, 0.2) is 48.6 Å². The van der Waals surface area contributed by atoms with E-state index in [0.29, 0.717) is 0 Å². The smallest absolute Gasteiger partial charge is 0.741 e. The number of allylic oxidation sites excluding steroid dienone is 8. The predicted molar refractivity (Wildman–Crippen MR) is 89.2 cm³/mol. The van der Waals surface area contributed by atoms with Gasteiger partial charge in [0.25, 0.3) is 0 Å². The van der Waals surface area contributed by atoms with E-state index in [9.17, 15) is 13.2 Å². The summed E-state index contributed by atoms with van der Waals surface area (Å²) in [5, 5.41) is 0. The molecule has 0 unspecified atom stereocenters. The second kappa shape index (κ2) is 15.5. The van der Waals surface area contributed by atoms with Crippen molar-refractivity contribution in [1.82, 2.24) is 0 Å². The Labute approximate surface area is 161 Å². The number of alkyl halides is 3. The first kappa shape index (κ1) is 26.5. The minimum absolute atomic E-state index is 0. The first-order valence-electron chi connectivity index (χ1n) is 7.90. The van der Waals surface area contributed by atoms with Crippen molar-refractivity contribution in [3.63, 3.8) is 0 Å². The van der Waals surface area contributed by atoms with Crippen LogP contribution in [0.5, 0.6) is 0 Å². The zero-order valence-corrected chi connectivity index (χ0v) is 16.3. The Bertz CT molecular complexity index is 480. The number of halogens is 3. The number of hydrogen-bond acceptors (Lipinski definition) is 3. The molecule has 0 saturated carbocycles. The fourth-order valence-electron chi connectivity index (χ4n) is 1.75. The van der Waals surface area contributed by atoms with Crippen LogP contribution in [-0.4, -0.2) is 18.5 Å². The summed E-state index contributed by atoms with van der Waals surface area (Å²) >= 11 is 0. The molecule has 0 aromatic rings. The van der Waals surface area contributed by atoms with Crippen LogP contribution in [0.4, 0.5) is 13.2 Å². The Morgan fingerprint density at radius 3 is 1.04 bits per heavy atom. The second-order valence-corrected chi connectivity index (χ2v) is 6.55. The van der Waals surface area contributed by atoms with Crippen molar-refractivity contribution in [2.45, 2.75) is 56.9 Å².